The van der Waals surface area contributed by atoms with E-state index in [1.165, 1.54) is 6.92 Å². The Hall–Kier alpha value is -2.88. The van der Waals surface area contributed by atoms with Crippen molar-refractivity contribution in [3.8, 4) is 0 Å². The number of hydrogen-bond donors (Lipinski definition) is 1. The maximum atomic E-state index is 13.3. The zero-order valence-electron chi connectivity index (χ0n) is 19.9. The minimum Gasteiger partial charge on any atom is -0.481 e. The SMILES string of the molecule is CC(C(=O)O)c1ccc(C(F)(F)F)cc1C(=O)N=c1cc(C(C)(C)C)n(C)n1C[C@H]1CCCO1. The second-order valence-electron chi connectivity index (χ2n) is 9.66. The van der Waals surface area contributed by atoms with E-state index in [4.69, 9.17) is 4.74 Å². The minimum atomic E-state index is -4.69. The highest BCUT2D eigenvalue weighted by atomic mass is 19.4. The first-order valence-electron chi connectivity index (χ1n) is 11.1. The van der Waals surface area contributed by atoms with E-state index in [2.05, 4.69) is 4.99 Å². The molecule has 34 heavy (non-hydrogen) atoms. The molecule has 0 bridgehead atoms. The van der Waals surface area contributed by atoms with Gasteiger partial charge in [-0.2, -0.15) is 18.2 Å². The summed E-state index contributed by atoms with van der Waals surface area (Å²) in [5.74, 6) is -3.37. The Bertz CT molecular complexity index is 1150. The van der Waals surface area contributed by atoms with Gasteiger partial charge in [0.25, 0.3) is 5.91 Å². The molecular weight excluding hydrogens is 451 g/mol. The average Bonchev–Trinajstić information content (AvgIpc) is 3.35. The molecule has 7 nitrogen and oxygen atoms in total. The fraction of sp³-hybridized carbons (Fsp3) is 0.542. The van der Waals surface area contributed by atoms with E-state index in [0.717, 1.165) is 30.7 Å². The summed E-state index contributed by atoms with van der Waals surface area (Å²) in [4.78, 5) is 28.9. The van der Waals surface area contributed by atoms with Crippen molar-refractivity contribution in [2.45, 2.75) is 70.7 Å². The van der Waals surface area contributed by atoms with Crippen molar-refractivity contribution in [2.75, 3.05) is 6.61 Å². The van der Waals surface area contributed by atoms with Gasteiger partial charge in [-0.25, -0.2) is 0 Å². The first kappa shape index (κ1) is 25.7. The van der Waals surface area contributed by atoms with Gasteiger partial charge in [-0.1, -0.05) is 26.8 Å². The average molecular weight is 482 g/mol. The fourth-order valence-electron chi connectivity index (χ4n) is 4.16. The van der Waals surface area contributed by atoms with Crippen molar-refractivity contribution in [1.29, 1.82) is 0 Å². The number of ether oxygens (including phenoxy) is 1. The van der Waals surface area contributed by atoms with Gasteiger partial charge in [0.1, 0.15) is 0 Å². The van der Waals surface area contributed by atoms with Gasteiger partial charge in [-0.15, -0.1) is 0 Å². The highest BCUT2D eigenvalue weighted by Gasteiger charge is 2.33. The van der Waals surface area contributed by atoms with Gasteiger partial charge in [-0.05, 0) is 37.5 Å². The van der Waals surface area contributed by atoms with E-state index in [1.54, 1.807) is 10.7 Å². The zero-order chi connectivity index (χ0) is 25.4. The van der Waals surface area contributed by atoms with Crippen molar-refractivity contribution in [2.24, 2.45) is 12.0 Å². The number of aliphatic carboxylic acids is 1. The molecule has 1 aliphatic rings. The quantitative estimate of drug-likeness (QED) is 0.692. The Kier molecular flexibility index (Phi) is 7.12. The van der Waals surface area contributed by atoms with Gasteiger partial charge >= 0.3 is 12.1 Å². The molecule has 2 atom stereocenters. The molecular formula is C24H30F3N3O4. The number of carboxylic acids is 1. The summed E-state index contributed by atoms with van der Waals surface area (Å²) in [6.07, 6.45) is -2.98. The first-order chi connectivity index (χ1) is 15.7. The van der Waals surface area contributed by atoms with Gasteiger partial charge in [0, 0.05) is 36.4 Å². The van der Waals surface area contributed by atoms with Crippen molar-refractivity contribution < 1.29 is 32.6 Å². The highest BCUT2D eigenvalue weighted by molar-refractivity contribution is 5.98. The number of rotatable bonds is 5. The number of hydrogen-bond acceptors (Lipinski definition) is 3. The number of benzene rings is 1. The third-order valence-electron chi connectivity index (χ3n) is 6.07. The van der Waals surface area contributed by atoms with Crippen LogP contribution in [0.15, 0.2) is 29.3 Å². The van der Waals surface area contributed by atoms with Crippen LogP contribution in [0.3, 0.4) is 0 Å². The molecule has 0 spiro atoms. The second kappa shape index (κ2) is 9.40. The van der Waals surface area contributed by atoms with E-state index in [0.29, 0.717) is 19.2 Å². The summed E-state index contributed by atoms with van der Waals surface area (Å²) in [7, 11) is 1.83. The molecule has 2 aromatic rings. The maximum absolute atomic E-state index is 13.3. The Morgan fingerprint density at radius 3 is 2.44 bits per heavy atom. The lowest BCUT2D eigenvalue weighted by molar-refractivity contribution is -0.138. The molecule has 1 aromatic heterocycles. The number of alkyl halides is 3. The second-order valence-corrected chi connectivity index (χ2v) is 9.66. The van der Waals surface area contributed by atoms with E-state index >= 15 is 0 Å². The molecule has 10 heteroatoms. The summed E-state index contributed by atoms with van der Waals surface area (Å²) >= 11 is 0. The van der Waals surface area contributed by atoms with Crippen LogP contribution in [-0.4, -0.2) is 39.1 Å². The summed E-state index contributed by atoms with van der Waals surface area (Å²) in [5.41, 5.74) is -0.577. The van der Waals surface area contributed by atoms with Crippen molar-refractivity contribution in [3.05, 3.63) is 52.1 Å². The molecule has 1 unspecified atom stereocenters. The van der Waals surface area contributed by atoms with Crippen molar-refractivity contribution in [1.82, 2.24) is 9.36 Å². The van der Waals surface area contributed by atoms with Crippen molar-refractivity contribution in [3.63, 3.8) is 0 Å². The lowest BCUT2D eigenvalue weighted by Gasteiger charge is -2.21. The number of nitrogens with zero attached hydrogens (tertiary/aromatic N) is 3. The van der Waals surface area contributed by atoms with E-state index < -0.39 is 29.5 Å². The number of aromatic nitrogens is 2. The van der Waals surface area contributed by atoms with Crippen LogP contribution in [0, 0.1) is 0 Å². The number of carbonyl (C=O) groups is 2. The van der Waals surface area contributed by atoms with Crippen LogP contribution >= 0.6 is 0 Å². The van der Waals surface area contributed by atoms with E-state index in [9.17, 15) is 27.9 Å². The van der Waals surface area contributed by atoms with Crippen molar-refractivity contribution >= 4 is 11.9 Å². The zero-order valence-corrected chi connectivity index (χ0v) is 19.9. The summed E-state index contributed by atoms with van der Waals surface area (Å²) < 4.78 is 49.4. The molecule has 3 rings (SSSR count). The van der Waals surface area contributed by atoms with E-state index in [-0.39, 0.29) is 28.1 Å². The van der Waals surface area contributed by atoms with Crippen LogP contribution in [0.4, 0.5) is 13.2 Å². The standard InChI is InChI=1S/C24H30F3N3O4/c1-14(22(32)33)17-9-8-15(24(25,26)27)11-18(17)21(31)28-20-12-19(23(2,3)4)29(5)30(20)13-16-7-6-10-34-16/h8-9,11-12,14,16H,6-7,10,13H2,1-5H3,(H,32,33)/t14?,16-/m1/s1. The fourth-order valence-corrected chi connectivity index (χ4v) is 4.16. The van der Waals surface area contributed by atoms with E-state index in [1.807, 2.05) is 32.5 Å². The topological polar surface area (TPSA) is 85.8 Å². The van der Waals surface area contributed by atoms with Crippen LogP contribution in [0.1, 0.15) is 73.6 Å². The molecule has 1 amide bonds. The van der Waals surface area contributed by atoms with Crippen LogP contribution in [0.2, 0.25) is 0 Å². The molecule has 1 aromatic carbocycles. The predicted octanol–water partition coefficient (Wildman–Crippen LogP) is 4.25. The molecule has 2 heterocycles. The summed E-state index contributed by atoms with van der Waals surface area (Å²) in [5, 5.41) is 9.41. The van der Waals surface area contributed by atoms with Gasteiger partial charge in [0.15, 0.2) is 5.49 Å². The molecule has 1 aliphatic heterocycles. The minimum absolute atomic E-state index is 0.0214. The molecule has 1 fully saturated rings. The summed E-state index contributed by atoms with van der Waals surface area (Å²) in [6.45, 7) is 8.41. The Morgan fingerprint density at radius 1 is 1.24 bits per heavy atom. The van der Waals surface area contributed by atoms with Crippen LogP contribution in [-0.2, 0) is 34.7 Å². The van der Waals surface area contributed by atoms with Gasteiger partial charge in [0.2, 0.25) is 0 Å². The third kappa shape index (κ3) is 5.43. The molecule has 0 aliphatic carbocycles. The summed E-state index contributed by atoms with van der Waals surface area (Å²) in [6, 6.07) is 4.24. The lowest BCUT2D eigenvalue weighted by Crippen LogP contribution is -2.30. The van der Waals surface area contributed by atoms with Crippen LogP contribution in [0.25, 0.3) is 0 Å². The van der Waals surface area contributed by atoms with Crippen LogP contribution < -0.4 is 5.49 Å². The maximum Gasteiger partial charge on any atom is 0.416 e. The van der Waals surface area contributed by atoms with Gasteiger partial charge in [0.05, 0.1) is 24.1 Å². The molecule has 0 saturated carbocycles. The predicted molar refractivity (Wildman–Crippen MR) is 118 cm³/mol. The highest BCUT2D eigenvalue weighted by Crippen LogP contribution is 2.32. The molecule has 1 saturated heterocycles. The number of carboxylic acid groups (broad SMARTS) is 1. The van der Waals surface area contributed by atoms with Gasteiger partial charge in [-0.3, -0.25) is 19.0 Å². The number of amides is 1. The van der Waals surface area contributed by atoms with Gasteiger partial charge < -0.3 is 9.84 Å². The molecule has 1 N–H and O–H groups in total. The Balaban J connectivity index is 2.17. The molecule has 186 valence electrons. The largest absolute Gasteiger partial charge is 0.481 e. The Labute approximate surface area is 195 Å². The number of carbonyl (C=O) groups excluding carboxylic acids is 1. The first-order valence-corrected chi connectivity index (χ1v) is 11.1. The van der Waals surface area contributed by atoms with Crippen LogP contribution in [0.5, 0.6) is 0 Å². The molecule has 0 radical (unpaired) electrons. The Morgan fingerprint density at radius 2 is 1.91 bits per heavy atom. The smallest absolute Gasteiger partial charge is 0.416 e. The normalized spacial score (nSPS) is 18.4. The third-order valence-corrected chi connectivity index (χ3v) is 6.07. The lowest BCUT2D eigenvalue weighted by atomic mass is 9.92. The monoisotopic (exact) mass is 481 g/mol. The number of halogens is 3.